The van der Waals surface area contributed by atoms with Gasteiger partial charge in [-0.3, -0.25) is 14.8 Å². The third kappa shape index (κ3) is 3.79. The molecule has 0 unspecified atom stereocenters. The first-order valence-corrected chi connectivity index (χ1v) is 6.92. The first-order chi connectivity index (χ1) is 8.55. The van der Waals surface area contributed by atoms with Crippen molar-refractivity contribution in [3.8, 4) is 0 Å². The Morgan fingerprint density at radius 3 is 2.44 bits per heavy atom. The number of hydrogen-bond acceptors (Lipinski definition) is 3. The molecule has 100 valence electrons. The minimum Gasteiger partial charge on any atom is -0.298 e. The lowest BCUT2D eigenvalue weighted by molar-refractivity contribution is 0.140. The van der Waals surface area contributed by atoms with Gasteiger partial charge in [0.1, 0.15) is 0 Å². The van der Waals surface area contributed by atoms with Crippen LogP contribution in [0.4, 0.5) is 0 Å². The lowest BCUT2D eigenvalue weighted by atomic mass is 10.1. The van der Waals surface area contributed by atoms with Gasteiger partial charge in [0.05, 0.1) is 0 Å². The van der Waals surface area contributed by atoms with Crippen LogP contribution in [0, 0.1) is 0 Å². The van der Waals surface area contributed by atoms with Crippen molar-refractivity contribution in [3.05, 3.63) is 30.1 Å². The second-order valence-corrected chi connectivity index (χ2v) is 6.14. The molecule has 1 saturated heterocycles. The zero-order valence-corrected chi connectivity index (χ0v) is 11.9. The Balaban J connectivity index is 1.90. The highest BCUT2D eigenvalue weighted by molar-refractivity contribution is 5.09. The third-order valence-electron chi connectivity index (χ3n) is 3.69. The van der Waals surface area contributed by atoms with Crippen molar-refractivity contribution in [3.63, 3.8) is 0 Å². The fourth-order valence-electron chi connectivity index (χ4n) is 2.55. The Hall–Kier alpha value is -0.930. The molecule has 2 rings (SSSR count). The Morgan fingerprint density at radius 2 is 1.78 bits per heavy atom. The molecule has 3 heteroatoms. The van der Waals surface area contributed by atoms with Gasteiger partial charge in [0.15, 0.2) is 0 Å². The lowest BCUT2D eigenvalue weighted by Gasteiger charge is -2.34. The summed E-state index contributed by atoms with van der Waals surface area (Å²) in [5.74, 6) is 0. The maximum absolute atomic E-state index is 4.07. The molecule has 0 aliphatic carbocycles. The quantitative estimate of drug-likeness (QED) is 0.800. The minimum absolute atomic E-state index is 0.298. The van der Waals surface area contributed by atoms with Gasteiger partial charge in [0.2, 0.25) is 0 Å². The zero-order chi connectivity index (χ0) is 13.0. The zero-order valence-electron chi connectivity index (χ0n) is 11.9. The summed E-state index contributed by atoms with van der Waals surface area (Å²) in [6.45, 7) is 12.8. The van der Waals surface area contributed by atoms with Crippen LogP contribution in [-0.4, -0.2) is 46.5 Å². The average Bonchev–Trinajstić information content (AvgIpc) is 2.55. The molecule has 1 aromatic rings. The van der Waals surface area contributed by atoms with E-state index in [9.17, 15) is 0 Å². The summed E-state index contributed by atoms with van der Waals surface area (Å²) in [7, 11) is 0. The highest BCUT2D eigenvalue weighted by atomic mass is 15.2. The molecule has 18 heavy (non-hydrogen) atoms. The summed E-state index contributed by atoms with van der Waals surface area (Å²) in [5, 5.41) is 0. The Labute approximate surface area is 111 Å². The van der Waals surface area contributed by atoms with Gasteiger partial charge in [-0.05, 0) is 58.0 Å². The molecule has 0 bridgehead atoms. The molecular formula is C15H25N3. The summed E-state index contributed by atoms with van der Waals surface area (Å²) in [5.41, 5.74) is 1.67. The van der Waals surface area contributed by atoms with E-state index in [1.807, 2.05) is 12.4 Å². The van der Waals surface area contributed by atoms with Crippen molar-refractivity contribution in [2.45, 2.75) is 39.3 Å². The van der Waals surface area contributed by atoms with Crippen LogP contribution in [0.15, 0.2) is 24.5 Å². The van der Waals surface area contributed by atoms with Crippen LogP contribution in [0.25, 0.3) is 0 Å². The van der Waals surface area contributed by atoms with Crippen molar-refractivity contribution in [2.75, 3.05) is 26.2 Å². The van der Waals surface area contributed by atoms with Crippen LogP contribution < -0.4 is 0 Å². The molecule has 0 aromatic carbocycles. The predicted molar refractivity (Wildman–Crippen MR) is 75.5 cm³/mol. The number of aromatic nitrogens is 1. The predicted octanol–water partition coefficient (Wildman–Crippen LogP) is 2.39. The molecule has 1 aliphatic rings. The van der Waals surface area contributed by atoms with Gasteiger partial charge in [0.25, 0.3) is 0 Å². The van der Waals surface area contributed by atoms with Crippen LogP contribution in [0.3, 0.4) is 0 Å². The molecule has 0 atom stereocenters. The maximum Gasteiger partial charge on any atom is 0.0271 e. The second-order valence-electron chi connectivity index (χ2n) is 6.14. The van der Waals surface area contributed by atoms with E-state index in [2.05, 4.69) is 47.7 Å². The molecule has 1 aliphatic heterocycles. The van der Waals surface area contributed by atoms with Gasteiger partial charge in [-0.15, -0.1) is 0 Å². The number of hydrogen-bond donors (Lipinski definition) is 0. The Kier molecular flexibility index (Phi) is 4.36. The molecule has 3 nitrogen and oxygen atoms in total. The summed E-state index contributed by atoms with van der Waals surface area (Å²) < 4.78 is 0. The van der Waals surface area contributed by atoms with E-state index in [4.69, 9.17) is 0 Å². The maximum atomic E-state index is 4.07. The first-order valence-electron chi connectivity index (χ1n) is 6.92. The average molecular weight is 247 g/mol. The van der Waals surface area contributed by atoms with E-state index < -0.39 is 0 Å². The molecule has 0 saturated carbocycles. The molecule has 1 aromatic heterocycles. The summed E-state index contributed by atoms with van der Waals surface area (Å²) in [4.78, 5) is 9.23. The fourth-order valence-corrected chi connectivity index (χ4v) is 2.55. The Bertz CT molecular complexity index is 356. The van der Waals surface area contributed by atoms with Gasteiger partial charge in [-0.25, -0.2) is 0 Å². The van der Waals surface area contributed by atoms with Gasteiger partial charge in [-0.2, -0.15) is 0 Å². The van der Waals surface area contributed by atoms with Crippen molar-refractivity contribution in [1.29, 1.82) is 0 Å². The molecule has 0 radical (unpaired) electrons. The third-order valence-corrected chi connectivity index (χ3v) is 3.69. The molecule has 0 amide bonds. The summed E-state index contributed by atoms with van der Waals surface area (Å²) in [6.07, 6.45) is 5.03. The van der Waals surface area contributed by atoms with Crippen LogP contribution >= 0.6 is 0 Å². The molecule has 1 fully saturated rings. The van der Waals surface area contributed by atoms with Crippen molar-refractivity contribution >= 4 is 0 Å². The van der Waals surface area contributed by atoms with Crippen molar-refractivity contribution in [2.24, 2.45) is 0 Å². The highest BCUT2D eigenvalue weighted by Gasteiger charge is 2.23. The fraction of sp³-hybridized carbons (Fsp3) is 0.667. The molecular weight excluding hydrogens is 222 g/mol. The van der Waals surface area contributed by atoms with Crippen molar-refractivity contribution < 1.29 is 0 Å². The van der Waals surface area contributed by atoms with E-state index in [0.29, 0.717) is 5.54 Å². The van der Waals surface area contributed by atoms with Crippen LogP contribution in [0.2, 0.25) is 0 Å². The minimum atomic E-state index is 0.298. The van der Waals surface area contributed by atoms with E-state index in [1.165, 1.54) is 38.2 Å². The number of rotatable bonds is 2. The monoisotopic (exact) mass is 247 g/mol. The topological polar surface area (TPSA) is 19.4 Å². The number of nitrogens with zero attached hydrogens (tertiary/aromatic N) is 3. The largest absolute Gasteiger partial charge is 0.298 e. The Morgan fingerprint density at radius 1 is 1.06 bits per heavy atom. The second kappa shape index (κ2) is 5.81. The standard InChI is InChI=1S/C15H25N3/c1-15(2,3)18-10-4-9-17(11-12-18)13-14-5-7-16-8-6-14/h5-8H,4,9-13H2,1-3H3. The molecule has 2 heterocycles. The van der Waals surface area contributed by atoms with E-state index in [-0.39, 0.29) is 0 Å². The number of pyridine rings is 1. The first kappa shape index (κ1) is 13.5. The SMILES string of the molecule is CC(C)(C)N1CCCN(Cc2ccncc2)CC1. The highest BCUT2D eigenvalue weighted by Crippen LogP contribution is 2.16. The van der Waals surface area contributed by atoms with E-state index in [0.717, 1.165) is 6.54 Å². The van der Waals surface area contributed by atoms with Crippen LogP contribution in [0.1, 0.15) is 32.8 Å². The van der Waals surface area contributed by atoms with Gasteiger partial charge < -0.3 is 0 Å². The summed E-state index contributed by atoms with van der Waals surface area (Å²) >= 11 is 0. The normalized spacial score (nSPS) is 19.7. The van der Waals surface area contributed by atoms with Gasteiger partial charge >= 0.3 is 0 Å². The molecule has 0 N–H and O–H groups in total. The van der Waals surface area contributed by atoms with E-state index in [1.54, 1.807) is 0 Å². The molecule has 0 spiro atoms. The lowest BCUT2D eigenvalue weighted by Crippen LogP contribution is -2.43. The smallest absolute Gasteiger partial charge is 0.0271 e. The van der Waals surface area contributed by atoms with E-state index >= 15 is 0 Å². The van der Waals surface area contributed by atoms with Crippen LogP contribution in [0.5, 0.6) is 0 Å². The van der Waals surface area contributed by atoms with Crippen molar-refractivity contribution in [1.82, 2.24) is 14.8 Å². The van der Waals surface area contributed by atoms with Gasteiger partial charge in [0, 0.05) is 37.6 Å². The van der Waals surface area contributed by atoms with Gasteiger partial charge in [-0.1, -0.05) is 0 Å². The summed E-state index contributed by atoms with van der Waals surface area (Å²) in [6, 6.07) is 4.23. The van der Waals surface area contributed by atoms with Crippen LogP contribution in [-0.2, 0) is 6.54 Å².